The zero-order valence-corrected chi connectivity index (χ0v) is 14.5. The fourth-order valence-corrected chi connectivity index (χ4v) is 3.03. The summed E-state index contributed by atoms with van der Waals surface area (Å²) in [6, 6.07) is 8.53. The molecule has 1 aromatic heterocycles. The van der Waals surface area contributed by atoms with E-state index in [4.69, 9.17) is 49.1 Å². The Hall–Kier alpha value is -1.88. The number of rotatable bonds is 5. The van der Waals surface area contributed by atoms with E-state index >= 15 is 0 Å². The van der Waals surface area contributed by atoms with Crippen molar-refractivity contribution in [1.29, 1.82) is 0 Å². The first-order valence-corrected chi connectivity index (χ1v) is 8.06. The van der Waals surface area contributed by atoms with Gasteiger partial charge in [-0.05, 0) is 24.3 Å². The van der Waals surface area contributed by atoms with E-state index in [1.807, 2.05) is 0 Å². The molecule has 0 saturated carbocycles. The van der Waals surface area contributed by atoms with Crippen molar-refractivity contribution in [1.82, 2.24) is 0 Å². The number of ether oxygens (including phenoxy) is 1. The van der Waals surface area contributed by atoms with Crippen LogP contribution in [0.25, 0.3) is 11.0 Å². The quantitative estimate of drug-likeness (QED) is 0.621. The number of fused-ring (bicyclic) bond motifs is 1. The van der Waals surface area contributed by atoms with Crippen molar-refractivity contribution >= 4 is 51.7 Å². The first kappa shape index (κ1) is 17.0. The largest absolute Gasteiger partial charge is 0.487 e. The molecule has 3 rings (SSSR count). The summed E-state index contributed by atoms with van der Waals surface area (Å²) in [5.41, 5.74) is 1.72. The first-order chi connectivity index (χ1) is 11.5. The lowest BCUT2D eigenvalue weighted by Gasteiger charge is -2.10. The molecule has 0 bridgehead atoms. The predicted octanol–water partition coefficient (Wildman–Crippen LogP) is 5.60. The lowest BCUT2D eigenvalue weighted by atomic mass is 10.1. The van der Waals surface area contributed by atoms with Crippen molar-refractivity contribution in [2.24, 2.45) is 0 Å². The molecule has 0 amide bonds. The minimum atomic E-state index is -0.938. The molecule has 0 aliphatic rings. The molecule has 0 radical (unpaired) electrons. The summed E-state index contributed by atoms with van der Waals surface area (Å²) in [6.07, 6.45) is 1.26. The molecule has 7 heteroatoms. The molecule has 1 heterocycles. The molecule has 0 aliphatic carbocycles. The van der Waals surface area contributed by atoms with Crippen LogP contribution in [0.4, 0.5) is 0 Å². The summed E-state index contributed by atoms with van der Waals surface area (Å²) in [5.74, 6) is -0.516. The Bertz CT molecular complexity index is 918. The van der Waals surface area contributed by atoms with Gasteiger partial charge in [0.1, 0.15) is 17.4 Å². The van der Waals surface area contributed by atoms with Crippen molar-refractivity contribution in [3.63, 3.8) is 0 Å². The Morgan fingerprint density at radius 1 is 1.12 bits per heavy atom. The van der Waals surface area contributed by atoms with Crippen molar-refractivity contribution in [2.45, 2.75) is 13.0 Å². The Morgan fingerprint density at radius 3 is 2.62 bits per heavy atom. The second-order valence-corrected chi connectivity index (χ2v) is 6.33. The Labute approximate surface area is 152 Å². The van der Waals surface area contributed by atoms with Gasteiger partial charge >= 0.3 is 5.97 Å². The third-order valence-corrected chi connectivity index (χ3v) is 4.41. The van der Waals surface area contributed by atoms with E-state index in [1.54, 1.807) is 30.3 Å². The summed E-state index contributed by atoms with van der Waals surface area (Å²) in [7, 11) is 0. The number of aliphatic carboxylic acids is 1. The lowest BCUT2D eigenvalue weighted by molar-refractivity contribution is -0.136. The van der Waals surface area contributed by atoms with Crippen LogP contribution in [0.5, 0.6) is 5.75 Å². The zero-order chi connectivity index (χ0) is 17.3. The van der Waals surface area contributed by atoms with Crippen LogP contribution in [0, 0.1) is 0 Å². The van der Waals surface area contributed by atoms with Gasteiger partial charge in [-0.3, -0.25) is 4.79 Å². The number of hydrogen-bond donors (Lipinski definition) is 1. The molecular formula is C17H11Cl3O4. The number of halogens is 3. The highest BCUT2D eigenvalue weighted by molar-refractivity contribution is 6.36. The Balaban J connectivity index is 1.85. The van der Waals surface area contributed by atoms with Gasteiger partial charge < -0.3 is 14.3 Å². The molecule has 24 heavy (non-hydrogen) atoms. The maximum Gasteiger partial charge on any atom is 0.307 e. The highest BCUT2D eigenvalue weighted by atomic mass is 35.5. The lowest BCUT2D eigenvalue weighted by Crippen LogP contribution is -1.99. The van der Waals surface area contributed by atoms with E-state index in [1.165, 1.54) is 6.26 Å². The number of carboxylic acid groups (broad SMARTS) is 1. The summed E-state index contributed by atoms with van der Waals surface area (Å²) >= 11 is 18.3. The van der Waals surface area contributed by atoms with Gasteiger partial charge in [0.15, 0.2) is 5.58 Å². The average Bonchev–Trinajstić information content (AvgIpc) is 2.91. The average molecular weight is 386 g/mol. The molecule has 1 N–H and O–H groups in total. The van der Waals surface area contributed by atoms with Crippen molar-refractivity contribution in [3.05, 3.63) is 62.8 Å². The van der Waals surface area contributed by atoms with Gasteiger partial charge in [0, 0.05) is 26.6 Å². The maximum absolute atomic E-state index is 10.9. The van der Waals surface area contributed by atoms with Gasteiger partial charge in [0.05, 0.1) is 12.7 Å². The monoisotopic (exact) mass is 384 g/mol. The third kappa shape index (κ3) is 3.46. The van der Waals surface area contributed by atoms with Crippen LogP contribution in [-0.2, 0) is 17.8 Å². The molecular weight excluding hydrogens is 375 g/mol. The minimum Gasteiger partial charge on any atom is -0.487 e. The summed E-state index contributed by atoms with van der Waals surface area (Å²) in [4.78, 5) is 10.9. The van der Waals surface area contributed by atoms with Crippen molar-refractivity contribution in [2.75, 3.05) is 0 Å². The smallest absolute Gasteiger partial charge is 0.307 e. The summed E-state index contributed by atoms with van der Waals surface area (Å²) < 4.78 is 11.1. The predicted molar refractivity (Wildman–Crippen MR) is 93.4 cm³/mol. The molecule has 0 saturated heterocycles. The standard InChI is InChI=1S/C17H11Cl3O4/c18-11-2-1-9(13(19)6-11)7-23-14-4-3-12-10(5-15(21)22)8-24-17(12)16(14)20/h1-4,6,8H,5,7H2,(H,21,22). The summed E-state index contributed by atoms with van der Waals surface area (Å²) in [6.45, 7) is 0.212. The number of benzene rings is 2. The normalized spacial score (nSPS) is 11.0. The zero-order valence-electron chi connectivity index (χ0n) is 12.2. The molecule has 0 spiro atoms. The van der Waals surface area contributed by atoms with E-state index in [0.717, 1.165) is 5.56 Å². The maximum atomic E-state index is 10.9. The van der Waals surface area contributed by atoms with E-state index in [2.05, 4.69) is 0 Å². The van der Waals surface area contributed by atoms with Crippen LogP contribution in [0.3, 0.4) is 0 Å². The molecule has 124 valence electrons. The van der Waals surface area contributed by atoms with E-state index < -0.39 is 5.97 Å². The number of furan rings is 1. The highest BCUT2D eigenvalue weighted by Gasteiger charge is 2.15. The number of hydrogen-bond acceptors (Lipinski definition) is 3. The Kier molecular flexibility index (Phi) is 4.90. The van der Waals surface area contributed by atoms with Crippen LogP contribution in [-0.4, -0.2) is 11.1 Å². The van der Waals surface area contributed by atoms with Crippen molar-refractivity contribution < 1.29 is 19.1 Å². The minimum absolute atomic E-state index is 0.135. The van der Waals surface area contributed by atoms with Gasteiger partial charge in [-0.25, -0.2) is 0 Å². The van der Waals surface area contributed by atoms with Gasteiger partial charge in [0.25, 0.3) is 0 Å². The van der Waals surface area contributed by atoms with Crippen LogP contribution in [0.15, 0.2) is 41.0 Å². The van der Waals surface area contributed by atoms with E-state index in [-0.39, 0.29) is 18.1 Å². The fraction of sp³-hybridized carbons (Fsp3) is 0.118. The fourth-order valence-electron chi connectivity index (χ4n) is 2.31. The van der Waals surface area contributed by atoms with Crippen LogP contribution >= 0.6 is 34.8 Å². The molecule has 3 aromatic rings. The van der Waals surface area contributed by atoms with Crippen LogP contribution < -0.4 is 4.74 Å². The van der Waals surface area contributed by atoms with E-state index in [0.29, 0.717) is 32.3 Å². The van der Waals surface area contributed by atoms with Gasteiger partial charge in [0.2, 0.25) is 0 Å². The van der Waals surface area contributed by atoms with E-state index in [9.17, 15) is 4.79 Å². The van der Waals surface area contributed by atoms with Gasteiger partial charge in [-0.2, -0.15) is 0 Å². The van der Waals surface area contributed by atoms with Crippen LogP contribution in [0.2, 0.25) is 15.1 Å². The molecule has 4 nitrogen and oxygen atoms in total. The molecule has 0 aliphatic heterocycles. The van der Waals surface area contributed by atoms with Crippen molar-refractivity contribution in [3.8, 4) is 5.75 Å². The first-order valence-electron chi connectivity index (χ1n) is 6.93. The SMILES string of the molecule is O=C(O)Cc1coc2c(Cl)c(OCc3ccc(Cl)cc3Cl)ccc12. The van der Waals surface area contributed by atoms with Crippen LogP contribution in [0.1, 0.15) is 11.1 Å². The number of carboxylic acids is 1. The molecule has 0 fully saturated rings. The molecule has 0 unspecified atom stereocenters. The topological polar surface area (TPSA) is 59.7 Å². The Morgan fingerprint density at radius 2 is 1.92 bits per heavy atom. The van der Waals surface area contributed by atoms with Gasteiger partial charge in [-0.1, -0.05) is 40.9 Å². The van der Waals surface area contributed by atoms with Gasteiger partial charge in [-0.15, -0.1) is 0 Å². The second kappa shape index (κ2) is 6.93. The third-order valence-electron chi connectivity index (χ3n) is 3.47. The highest BCUT2D eigenvalue weighted by Crippen LogP contribution is 2.36. The summed E-state index contributed by atoms with van der Waals surface area (Å²) in [5, 5.41) is 10.9. The number of carbonyl (C=O) groups is 1. The second-order valence-electron chi connectivity index (χ2n) is 5.11. The molecule has 0 atom stereocenters. The molecule has 2 aromatic carbocycles.